The number of amides is 1. The average Bonchev–Trinajstić information content (AvgIpc) is 2.87. The Labute approximate surface area is 150 Å². The van der Waals surface area contributed by atoms with Crippen LogP contribution in [0.5, 0.6) is 0 Å². The van der Waals surface area contributed by atoms with Crippen molar-refractivity contribution in [2.24, 2.45) is 5.92 Å². The fraction of sp³-hybridized carbons (Fsp3) is 0.250. The number of carbonyl (C=O) groups is 2. The quantitative estimate of drug-likeness (QED) is 0.888. The molecule has 1 atom stereocenters. The highest BCUT2D eigenvalue weighted by atomic mass is 19.1. The summed E-state index contributed by atoms with van der Waals surface area (Å²) in [5.74, 6) is -2.07. The van der Waals surface area contributed by atoms with Gasteiger partial charge >= 0.3 is 0 Å². The molecule has 1 aliphatic rings. The summed E-state index contributed by atoms with van der Waals surface area (Å²) in [7, 11) is 0. The van der Waals surface area contributed by atoms with Crippen LogP contribution in [0.25, 0.3) is 0 Å². The van der Waals surface area contributed by atoms with Gasteiger partial charge in [0, 0.05) is 24.5 Å². The lowest BCUT2D eigenvalue weighted by atomic mass is 9.93. The first-order chi connectivity index (χ1) is 12.4. The number of ketones is 1. The van der Waals surface area contributed by atoms with Gasteiger partial charge in [0.15, 0.2) is 11.5 Å². The Bertz CT molecular complexity index is 878. The number of rotatable bonds is 5. The molecule has 5 nitrogen and oxygen atoms in total. The molecule has 0 bridgehead atoms. The topological polar surface area (TPSA) is 70.5 Å². The number of aromatic nitrogens is 1. The molecule has 0 fully saturated rings. The fourth-order valence-corrected chi connectivity index (χ4v) is 3.12. The van der Waals surface area contributed by atoms with Crippen LogP contribution in [0.3, 0.4) is 0 Å². The minimum absolute atomic E-state index is 0.0287. The Morgan fingerprint density at radius 3 is 2.69 bits per heavy atom. The van der Waals surface area contributed by atoms with E-state index >= 15 is 0 Å². The van der Waals surface area contributed by atoms with Crippen LogP contribution in [0.2, 0.25) is 0 Å². The van der Waals surface area contributed by atoms with Crippen LogP contribution in [0.1, 0.15) is 31.9 Å². The van der Waals surface area contributed by atoms with Crippen molar-refractivity contribution in [2.75, 3.05) is 4.90 Å². The highest BCUT2D eigenvalue weighted by molar-refractivity contribution is 6.16. The van der Waals surface area contributed by atoms with E-state index in [9.17, 15) is 19.1 Å². The summed E-state index contributed by atoms with van der Waals surface area (Å²) in [5.41, 5.74) is 0.866. The van der Waals surface area contributed by atoms with Crippen molar-refractivity contribution >= 4 is 17.4 Å². The second-order valence-corrected chi connectivity index (χ2v) is 6.63. The van der Waals surface area contributed by atoms with E-state index in [0.29, 0.717) is 5.56 Å². The summed E-state index contributed by atoms with van der Waals surface area (Å²) in [6.07, 6.45) is 3.30. The van der Waals surface area contributed by atoms with Gasteiger partial charge in [-0.15, -0.1) is 0 Å². The second kappa shape index (κ2) is 7.07. The molecule has 2 aromatic rings. The number of nitrogens with zero attached hydrogens (tertiary/aromatic N) is 2. The van der Waals surface area contributed by atoms with E-state index < -0.39 is 23.5 Å². The maximum Gasteiger partial charge on any atom is 0.294 e. The number of halogens is 1. The van der Waals surface area contributed by atoms with E-state index in [2.05, 4.69) is 4.98 Å². The van der Waals surface area contributed by atoms with Gasteiger partial charge in [-0.3, -0.25) is 19.5 Å². The lowest BCUT2D eigenvalue weighted by Gasteiger charge is -2.26. The highest BCUT2D eigenvalue weighted by Crippen LogP contribution is 2.41. The zero-order chi connectivity index (χ0) is 18.8. The Kier molecular flexibility index (Phi) is 4.84. The van der Waals surface area contributed by atoms with Gasteiger partial charge in [-0.2, -0.15) is 0 Å². The molecule has 1 aromatic heterocycles. The molecule has 2 heterocycles. The molecule has 26 heavy (non-hydrogen) atoms. The van der Waals surface area contributed by atoms with Gasteiger partial charge in [-0.05, 0) is 35.7 Å². The molecule has 0 saturated heterocycles. The van der Waals surface area contributed by atoms with Crippen LogP contribution in [0.15, 0.2) is 60.1 Å². The molecule has 1 unspecified atom stereocenters. The summed E-state index contributed by atoms with van der Waals surface area (Å²) >= 11 is 0. The van der Waals surface area contributed by atoms with E-state index in [1.54, 1.807) is 24.4 Å². The summed E-state index contributed by atoms with van der Waals surface area (Å²) in [6.45, 7) is 3.77. The van der Waals surface area contributed by atoms with E-state index in [0.717, 1.165) is 0 Å². The molecule has 0 radical (unpaired) electrons. The predicted octanol–water partition coefficient (Wildman–Crippen LogP) is 3.74. The van der Waals surface area contributed by atoms with Crippen LogP contribution < -0.4 is 4.90 Å². The van der Waals surface area contributed by atoms with Gasteiger partial charge in [0.25, 0.3) is 5.91 Å². The highest BCUT2D eigenvalue weighted by Gasteiger charge is 2.44. The van der Waals surface area contributed by atoms with Gasteiger partial charge in [-0.1, -0.05) is 26.0 Å². The molecule has 0 saturated carbocycles. The monoisotopic (exact) mass is 354 g/mol. The molecular weight excluding hydrogens is 335 g/mol. The third-order valence-corrected chi connectivity index (χ3v) is 4.19. The van der Waals surface area contributed by atoms with Crippen molar-refractivity contribution in [2.45, 2.75) is 26.3 Å². The number of benzene rings is 1. The molecule has 1 amide bonds. The second-order valence-electron chi connectivity index (χ2n) is 6.63. The lowest BCUT2D eigenvalue weighted by molar-refractivity contribution is -0.118. The van der Waals surface area contributed by atoms with Crippen molar-refractivity contribution in [1.29, 1.82) is 0 Å². The minimum atomic E-state index is -0.843. The molecule has 0 aliphatic carbocycles. The molecular formula is C20H19FN2O3. The van der Waals surface area contributed by atoms with Crippen LogP contribution >= 0.6 is 0 Å². The van der Waals surface area contributed by atoms with E-state index in [-0.39, 0.29) is 29.4 Å². The number of carbonyl (C=O) groups excluding carboxylic acids is 2. The number of hydrogen-bond acceptors (Lipinski definition) is 4. The van der Waals surface area contributed by atoms with Crippen molar-refractivity contribution in [3.8, 4) is 0 Å². The molecule has 3 rings (SSSR count). The van der Waals surface area contributed by atoms with E-state index in [4.69, 9.17) is 0 Å². The van der Waals surface area contributed by atoms with Crippen LogP contribution in [-0.2, 0) is 9.59 Å². The van der Waals surface area contributed by atoms with Crippen molar-refractivity contribution in [3.63, 3.8) is 0 Å². The molecule has 1 N–H and O–H groups in total. The normalized spacial score (nSPS) is 17.3. The number of hydrogen-bond donors (Lipinski definition) is 1. The number of aliphatic hydroxyl groups excluding tert-OH is 1. The van der Waals surface area contributed by atoms with E-state index in [1.807, 2.05) is 13.8 Å². The first-order valence-electron chi connectivity index (χ1n) is 8.35. The van der Waals surface area contributed by atoms with Gasteiger partial charge in [0.2, 0.25) is 0 Å². The van der Waals surface area contributed by atoms with Gasteiger partial charge in [-0.25, -0.2) is 4.39 Å². The molecule has 1 aliphatic heterocycles. The van der Waals surface area contributed by atoms with E-state index in [1.165, 1.54) is 29.3 Å². The maximum absolute atomic E-state index is 13.7. The Morgan fingerprint density at radius 2 is 2.08 bits per heavy atom. The van der Waals surface area contributed by atoms with Crippen molar-refractivity contribution < 1.29 is 19.1 Å². The minimum Gasteiger partial charge on any atom is -0.503 e. The number of Topliss-reactive ketones (excluding diaryl/α,β-unsaturated/α-hetero) is 1. The summed E-state index contributed by atoms with van der Waals surface area (Å²) in [5, 5.41) is 10.4. The van der Waals surface area contributed by atoms with Gasteiger partial charge < -0.3 is 5.11 Å². The number of anilines is 1. The molecule has 134 valence electrons. The molecule has 6 heteroatoms. The first kappa shape index (κ1) is 17.8. The third kappa shape index (κ3) is 3.22. The van der Waals surface area contributed by atoms with Crippen LogP contribution in [0.4, 0.5) is 10.1 Å². The van der Waals surface area contributed by atoms with Crippen molar-refractivity contribution in [1.82, 2.24) is 4.98 Å². The standard InChI is InChI=1S/C20H19FN2O3/c1-12(2)9-16(24)17-18(13-5-4-8-22-11-13)23(20(26)19(17)25)15-7-3-6-14(21)10-15/h3-8,10-12,18,25H,9H2,1-2H3. The lowest BCUT2D eigenvalue weighted by Crippen LogP contribution is -2.31. The number of pyridine rings is 1. The third-order valence-electron chi connectivity index (χ3n) is 4.19. The zero-order valence-corrected chi connectivity index (χ0v) is 14.5. The maximum atomic E-state index is 13.7. The Balaban J connectivity index is 2.14. The Hall–Kier alpha value is -3.02. The van der Waals surface area contributed by atoms with Crippen molar-refractivity contribution in [3.05, 3.63) is 71.5 Å². The average molecular weight is 354 g/mol. The van der Waals surface area contributed by atoms with Gasteiger partial charge in [0.1, 0.15) is 5.82 Å². The Morgan fingerprint density at radius 1 is 1.31 bits per heavy atom. The van der Waals surface area contributed by atoms with Crippen LogP contribution in [-0.4, -0.2) is 21.8 Å². The predicted molar refractivity (Wildman–Crippen MR) is 95.0 cm³/mol. The summed E-state index contributed by atoms with van der Waals surface area (Å²) < 4.78 is 13.7. The first-order valence-corrected chi connectivity index (χ1v) is 8.35. The fourth-order valence-electron chi connectivity index (χ4n) is 3.12. The summed E-state index contributed by atoms with van der Waals surface area (Å²) in [6, 6.07) is 8.06. The molecule has 0 spiro atoms. The van der Waals surface area contributed by atoms with Gasteiger partial charge in [0.05, 0.1) is 11.6 Å². The molecule has 1 aromatic carbocycles. The zero-order valence-electron chi connectivity index (χ0n) is 14.5. The smallest absolute Gasteiger partial charge is 0.294 e. The van der Waals surface area contributed by atoms with Crippen LogP contribution in [0, 0.1) is 11.7 Å². The number of aliphatic hydroxyl groups is 1. The summed E-state index contributed by atoms with van der Waals surface area (Å²) in [4.78, 5) is 30.8. The largest absolute Gasteiger partial charge is 0.503 e. The SMILES string of the molecule is CC(C)CC(=O)C1=C(O)C(=O)N(c2cccc(F)c2)C1c1cccnc1.